The summed E-state index contributed by atoms with van der Waals surface area (Å²) in [6.07, 6.45) is 2.23. The maximum atomic E-state index is 2.47. The van der Waals surface area contributed by atoms with Crippen molar-refractivity contribution in [1.82, 2.24) is 0 Å². The molecule has 0 aliphatic heterocycles. The van der Waals surface area contributed by atoms with E-state index >= 15 is 0 Å². The maximum Gasteiger partial charge on any atom is 2.00 e. The Morgan fingerprint density at radius 1 is 0.647 bits per heavy atom. The van der Waals surface area contributed by atoms with E-state index in [0.717, 1.165) is 12.8 Å². The molecule has 6 aromatic rings. The van der Waals surface area contributed by atoms with Crippen molar-refractivity contribution in [3.63, 3.8) is 0 Å². The minimum Gasteiger partial charge on any atom is -0.165 e. The van der Waals surface area contributed by atoms with Gasteiger partial charge in [0.1, 0.15) is 0 Å². The number of hydrogen-bond donors (Lipinski definition) is 0. The third-order valence-electron chi connectivity index (χ3n) is 6.50. The van der Waals surface area contributed by atoms with Crippen molar-refractivity contribution in [3.05, 3.63) is 108 Å². The Kier molecular flexibility index (Phi) is 7.82. The number of fused-ring (bicyclic) bond motifs is 6. The van der Waals surface area contributed by atoms with Crippen LogP contribution in [0.4, 0.5) is 0 Å². The molecule has 0 aliphatic rings. The zero-order chi connectivity index (χ0) is 22.8. The van der Waals surface area contributed by atoms with Crippen LogP contribution in [0.2, 0.25) is 13.1 Å². The number of rotatable bonds is 3. The molecule has 0 spiro atoms. The first-order valence-electron chi connectivity index (χ1n) is 11.9. The molecule has 0 amide bonds. The summed E-state index contributed by atoms with van der Waals surface area (Å²) in [7, 11) is -0.236. The monoisotopic (exact) mass is 466 g/mol. The molecule has 0 aromatic heterocycles. The predicted molar refractivity (Wildman–Crippen MR) is 156 cm³/mol. The van der Waals surface area contributed by atoms with E-state index in [0.29, 0.717) is 0 Å². The summed E-state index contributed by atoms with van der Waals surface area (Å²) in [5.74, 6) is 0. The van der Waals surface area contributed by atoms with Gasteiger partial charge in [-0.05, 0) is 21.3 Å². The molecule has 2 heteroatoms. The number of benzene rings is 4. The fourth-order valence-corrected chi connectivity index (χ4v) is 5.34. The Balaban J connectivity index is 0.000000159. The summed E-state index contributed by atoms with van der Waals surface area (Å²) in [5.41, 5.74) is 5.36. The Hall–Kier alpha value is -2.53. The predicted octanol–water partition coefficient (Wildman–Crippen LogP) is 8.29. The summed E-state index contributed by atoms with van der Waals surface area (Å²) in [6, 6.07) is 35.4. The van der Waals surface area contributed by atoms with Crippen LogP contribution in [0.1, 0.15) is 18.1 Å². The van der Waals surface area contributed by atoms with Crippen LogP contribution in [-0.2, 0) is 12.8 Å². The van der Waals surface area contributed by atoms with Gasteiger partial charge in [0.25, 0.3) is 0 Å². The molecule has 6 rings (SSSR count). The summed E-state index contributed by atoms with van der Waals surface area (Å²) in [5, 5.41) is 10.9. The van der Waals surface area contributed by atoms with Gasteiger partial charge in [0.05, 0.1) is 0 Å². The first kappa shape index (κ1) is 24.6. The van der Waals surface area contributed by atoms with Crippen LogP contribution in [-0.4, -0.2) is 37.1 Å². The van der Waals surface area contributed by atoms with Gasteiger partial charge in [0.2, 0.25) is 0 Å². The molecule has 0 atom stereocenters. The normalized spacial score (nSPS) is 10.8. The molecular formula is C32H30MgSi. The van der Waals surface area contributed by atoms with Gasteiger partial charge in [-0.3, -0.25) is 0 Å². The largest absolute Gasteiger partial charge is 2.00 e. The van der Waals surface area contributed by atoms with Crippen LogP contribution < -0.4 is 0 Å². The van der Waals surface area contributed by atoms with Gasteiger partial charge in [-0.15, -0.1) is 62.6 Å². The van der Waals surface area contributed by atoms with Crippen molar-refractivity contribution in [2.75, 3.05) is 0 Å². The summed E-state index contributed by atoms with van der Waals surface area (Å²) in [6.45, 7) is 6.88. The zero-order valence-corrected chi connectivity index (χ0v) is 22.9. The van der Waals surface area contributed by atoms with Gasteiger partial charge >= 0.3 is 23.1 Å². The Morgan fingerprint density at radius 3 is 1.65 bits per heavy atom. The number of aryl methyl sites for hydroxylation is 1. The third kappa shape index (κ3) is 5.10. The van der Waals surface area contributed by atoms with Gasteiger partial charge in [0.15, 0.2) is 0 Å². The zero-order valence-electron chi connectivity index (χ0n) is 20.4. The molecule has 0 saturated carbocycles. The molecule has 0 unspecified atom stereocenters. The Labute approximate surface area is 220 Å². The SMILES string of the molecule is CCc1cc2ccc3ccccc3c2[cH-]1.C[Si](C)=CCc1cc2ccc3ccccc3c2[cH-]1.[Mg+2]. The van der Waals surface area contributed by atoms with Crippen LogP contribution in [0, 0.1) is 0 Å². The molecule has 0 fully saturated rings. The molecule has 0 bridgehead atoms. The van der Waals surface area contributed by atoms with E-state index in [4.69, 9.17) is 0 Å². The van der Waals surface area contributed by atoms with Gasteiger partial charge in [-0.1, -0.05) is 102 Å². The molecule has 0 heterocycles. The van der Waals surface area contributed by atoms with Crippen molar-refractivity contribution in [1.29, 1.82) is 0 Å². The Bertz CT molecular complexity index is 1590. The molecule has 0 aliphatic carbocycles. The fourth-order valence-electron chi connectivity index (χ4n) is 4.70. The molecule has 0 saturated heterocycles. The van der Waals surface area contributed by atoms with E-state index in [1.165, 1.54) is 54.2 Å². The molecule has 164 valence electrons. The van der Waals surface area contributed by atoms with Crippen LogP contribution in [0.3, 0.4) is 0 Å². The minimum atomic E-state index is -0.236. The summed E-state index contributed by atoms with van der Waals surface area (Å²) < 4.78 is 0. The standard InChI is InChI=1S/C17H17Si.C15H13.Mg/c1-18(2)10-9-13-11-15-8-7-14-5-3-4-6-16(14)17(15)12-13;1-2-11-9-13-8-7-12-5-3-4-6-14(12)15(13)10-11;/h3-8,10-12H,9H2,1-2H3;3-10H,2H2,1H3;/q2*-1;+2. The molecule has 0 radical (unpaired) electrons. The molecule has 6 aromatic carbocycles. The van der Waals surface area contributed by atoms with Gasteiger partial charge in [-0.25, -0.2) is 0 Å². The first-order valence-corrected chi connectivity index (χ1v) is 14.5. The van der Waals surface area contributed by atoms with Crippen LogP contribution in [0.25, 0.3) is 43.1 Å². The average Bonchev–Trinajstić information content (AvgIpc) is 3.47. The summed E-state index contributed by atoms with van der Waals surface area (Å²) >= 11 is 0. The van der Waals surface area contributed by atoms with E-state index < -0.39 is 0 Å². The first-order chi connectivity index (χ1) is 16.1. The smallest absolute Gasteiger partial charge is 0.165 e. The van der Waals surface area contributed by atoms with Crippen molar-refractivity contribution < 1.29 is 0 Å². The van der Waals surface area contributed by atoms with Gasteiger partial charge in [-0.2, -0.15) is 12.1 Å². The molecule has 0 nitrogen and oxygen atoms in total. The van der Waals surface area contributed by atoms with Gasteiger partial charge in [0, 0.05) is 0 Å². The molecule has 0 N–H and O–H groups in total. The van der Waals surface area contributed by atoms with E-state index in [-0.39, 0.29) is 31.5 Å². The van der Waals surface area contributed by atoms with Crippen LogP contribution >= 0.6 is 0 Å². The van der Waals surface area contributed by atoms with E-state index in [9.17, 15) is 0 Å². The number of hydrogen-bond acceptors (Lipinski definition) is 0. The quantitative estimate of drug-likeness (QED) is 0.182. The van der Waals surface area contributed by atoms with Gasteiger partial charge < -0.3 is 0 Å². The maximum absolute atomic E-state index is 2.47. The van der Waals surface area contributed by atoms with Crippen molar-refractivity contribution in [3.8, 4) is 0 Å². The second-order valence-electron chi connectivity index (χ2n) is 9.15. The van der Waals surface area contributed by atoms with E-state index in [2.05, 4.69) is 123 Å². The average molecular weight is 467 g/mol. The molecular weight excluding hydrogens is 437 g/mol. The Morgan fingerprint density at radius 2 is 1.12 bits per heavy atom. The minimum absolute atomic E-state index is 0. The summed E-state index contributed by atoms with van der Waals surface area (Å²) in [4.78, 5) is 0. The second-order valence-corrected chi connectivity index (χ2v) is 11.7. The van der Waals surface area contributed by atoms with Crippen LogP contribution in [0.15, 0.2) is 97.1 Å². The van der Waals surface area contributed by atoms with Crippen molar-refractivity contribution in [2.45, 2.75) is 32.9 Å². The van der Waals surface area contributed by atoms with E-state index in [1.54, 1.807) is 0 Å². The molecule has 34 heavy (non-hydrogen) atoms. The van der Waals surface area contributed by atoms with E-state index in [1.807, 2.05) is 0 Å². The fraction of sp³-hybridized carbons (Fsp3) is 0.156. The van der Waals surface area contributed by atoms with Crippen molar-refractivity contribution >= 4 is 80.2 Å². The second kappa shape index (κ2) is 10.8. The third-order valence-corrected chi connectivity index (χ3v) is 7.52. The van der Waals surface area contributed by atoms with Crippen molar-refractivity contribution in [2.24, 2.45) is 0 Å². The van der Waals surface area contributed by atoms with Crippen LogP contribution in [0.5, 0.6) is 0 Å². The topological polar surface area (TPSA) is 0 Å².